The predicted octanol–water partition coefficient (Wildman–Crippen LogP) is 7.80. The Balaban J connectivity index is 0.000000178. The van der Waals surface area contributed by atoms with Crippen LogP contribution in [0.4, 0.5) is 23.0 Å². The third-order valence-electron chi connectivity index (χ3n) is 14.0. The number of carbonyl (C=O) groups is 2. The molecule has 348 valence electrons. The SMILES string of the molecule is COc1ccccc1N1CCN(CCN(C(=O)C2CCCCC2)c2ccccn2)CC1.C[C@H](CN(C(=O)C1CCCCC1)c1ccccn1)N1CCN(c2cccc3c2OCCO3)CC1. The number of anilines is 4. The van der Waals surface area contributed by atoms with Crippen molar-refractivity contribution in [3.05, 3.63) is 91.3 Å². The molecular weight excluding hydrogens is 817 g/mol. The fourth-order valence-electron chi connectivity index (χ4n) is 10.2. The zero-order valence-electron chi connectivity index (χ0n) is 38.8. The molecule has 0 N–H and O–H groups in total. The van der Waals surface area contributed by atoms with E-state index in [1.807, 2.05) is 70.5 Å². The van der Waals surface area contributed by atoms with Crippen LogP contribution in [-0.4, -0.2) is 130 Å². The van der Waals surface area contributed by atoms with E-state index in [9.17, 15) is 9.59 Å². The second-order valence-electron chi connectivity index (χ2n) is 18.2. The van der Waals surface area contributed by atoms with Gasteiger partial charge in [-0.3, -0.25) is 29.2 Å². The lowest BCUT2D eigenvalue weighted by atomic mass is 9.88. The van der Waals surface area contributed by atoms with E-state index < -0.39 is 0 Å². The van der Waals surface area contributed by atoms with Gasteiger partial charge in [-0.15, -0.1) is 0 Å². The highest BCUT2D eigenvalue weighted by atomic mass is 16.6. The number of aromatic nitrogens is 2. The number of hydrogen-bond donors (Lipinski definition) is 0. The van der Waals surface area contributed by atoms with E-state index in [2.05, 4.69) is 54.7 Å². The average Bonchev–Trinajstić information content (AvgIpc) is 3.39. The summed E-state index contributed by atoms with van der Waals surface area (Å²) in [5.74, 6) is 4.98. The number of rotatable bonds is 13. The van der Waals surface area contributed by atoms with E-state index in [-0.39, 0.29) is 29.7 Å². The molecule has 4 aromatic rings. The Morgan fingerprint density at radius 3 is 1.83 bits per heavy atom. The Hall–Kier alpha value is -5.40. The van der Waals surface area contributed by atoms with Crippen molar-refractivity contribution in [3.63, 3.8) is 0 Å². The van der Waals surface area contributed by atoms with Gasteiger partial charge in [-0.05, 0) is 81.1 Å². The summed E-state index contributed by atoms with van der Waals surface area (Å²) in [6.07, 6.45) is 14.7. The first kappa shape index (κ1) is 46.1. The van der Waals surface area contributed by atoms with E-state index in [0.29, 0.717) is 26.3 Å². The van der Waals surface area contributed by atoms with Crippen molar-refractivity contribution in [1.82, 2.24) is 19.8 Å². The smallest absolute Gasteiger partial charge is 0.231 e. The summed E-state index contributed by atoms with van der Waals surface area (Å²) in [4.78, 5) is 49.5. The number of amides is 2. The first-order chi connectivity index (χ1) is 32.0. The number of benzene rings is 2. The highest BCUT2D eigenvalue weighted by Crippen LogP contribution is 2.40. The molecular formula is C52H70N8O5. The molecule has 5 aliphatic rings. The summed E-state index contributed by atoms with van der Waals surface area (Å²) in [6.45, 7) is 13.3. The highest BCUT2D eigenvalue weighted by Gasteiger charge is 2.32. The third-order valence-corrected chi connectivity index (χ3v) is 14.0. The summed E-state index contributed by atoms with van der Waals surface area (Å²) in [6, 6.07) is 26.3. The molecule has 2 aromatic heterocycles. The van der Waals surface area contributed by atoms with Crippen LogP contribution in [0.15, 0.2) is 91.3 Å². The van der Waals surface area contributed by atoms with E-state index in [4.69, 9.17) is 14.2 Å². The molecule has 13 nitrogen and oxygen atoms in total. The molecule has 1 atom stereocenters. The average molecular weight is 887 g/mol. The van der Waals surface area contributed by atoms with Gasteiger partial charge >= 0.3 is 0 Å². The molecule has 9 rings (SSSR count). The Labute approximate surface area is 386 Å². The molecule has 2 amide bonds. The van der Waals surface area contributed by atoms with Gasteiger partial charge in [0.2, 0.25) is 11.8 Å². The molecule has 0 bridgehead atoms. The number of carbonyl (C=O) groups excluding carboxylic acids is 2. The van der Waals surface area contributed by atoms with Gasteiger partial charge in [-0.25, -0.2) is 9.97 Å². The number of pyridine rings is 2. The monoisotopic (exact) mass is 887 g/mol. The fraction of sp³-hybridized carbons (Fsp3) is 0.538. The summed E-state index contributed by atoms with van der Waals surface area (Å²) in [5, 5.41) is 0. The molecule has 65 heavy (non-hydrogen) atoms. The molecule has 2 saturated carbocycles. The van der Waals surface area contributed by atoms with Crippen molar-refractivity contribution < 1.29 is 23.8 Å². The second-order valence-corrected chi connectivity index (χ2v) is 18.2. The Kier molecular flexibility index (Phi) is 16.4. The molecule has 0 spiro atoms. The van der Waals surface area contributed by atoms with Crippen LogP contribution in [0.2, 0.25) is 0 Å². The van der Waals surface area contributed by atoms with Crippen LogP contribution in [0, 0.1) is 11.8 Å². The van der Waals surface area contributed by atoms with Crippen LogP contribution < -0.4 is 33.8 Å². The van der Waals surface area contributed by atoms with Crippen molar-refractivity contribution in [2.24, 2.45) is 11.8 Å². The Morgan fingerprint density at radius 2 is 1.20 bits per heavy atom. The van der Waals surface area contributed by atoms with Gasteiger partial charge in [-0.2, -0.15) is 0 Å². The van der Waals surface area contributed by atoms with Gasteiger partial charge in [0, 0.05) is 102 Å². The van der Waals surface area contributed by atoms with Gasteiger partial charge < -0.3 is 24.0 Å². The lowest BCUT2D eigenvalue weighted by molar-refractivity contribution is -0.124. The number of methoxy groups -OCH3 is 1. The van der Waals surface area contributed by atoms with Crippen LogP contribution in [-0.2, 0) is 9.59 Å². The summed E-state index contributed by atoms with van der Waals surface area (Å²) < 4.78 is 17.2. The lowest BCUT2D eigenvalue weighted by Gasteiger charge is -2.41. The number of nitrogens with zero attached hydrogens (tertiary/aromatic N) is 8. The van der Waals surface area contributed by atoms with Crippen molar-refractivity contribution in [2.45, 2.75) is 77.2 Å². The van der Waals surface area contributed by atoms with E-state index in [0.717, 1.165) is 151 Å². The van der Waals surface area contributed by atoms with Gasteiger partial charge in [0.05, 0.1) is 18.5 Å². The molecule has 5 heterocycles. The third kappa shape index (κ3) is 11.9. The topological polar surface area (TPSA) is 107 Å². The van der Waals surface area contributed by atoms with Crippen molar-refractivity contribution in [1.29, 1.82) is 0 Å². The van der Waals surface area contributed by atoms with Crippen molar-refractivity contribution in [2.75, 3.05) is 112 Å². The molecule has 0 unspecified atom stereocenters. The molecule has 13 heteroatoms. The van der Waals surface area contributed by atoms with Gasteiger partial charge in [0.25, 0.3) is 0 Å². The van der Waals surface area contributed by atoms with Crippen molar-refractivity contribution in [3.8, 4) is 17.2 Å². The summed E-state index contributed by atoms with van der Waals surface area (Å²) >= 11 is 0. The van der Waals surface area contributed by atoms with Crippen LogP contribution in [0.1, 0.15) is 71.1 Å². The van der Waals surface area contributed by atoms with E-state index in [1.54, 1.807) is 19.5 Å². The number of para-hydroxylation sites is 3. The van der Waals surface area contributed by atoms with E-state index in [1.165, 1.54) is 12.8 Å². The van der Waals surface area contributed by atoms with Crippen LogP contribution >= 0.6 is 0 Å². The summed E-state index contributed by atoms with van der Waals surface area (Å²) in [7, 11) is 1.73. The minimum atomic E-state index is 0.131. The van der Waals surface area contributed by atoms with Crippen molar-refractivity contribution >= 4 is 34.8 Å². The minimum absolute atomic E-state index is 0.131. The van der Waals surface area contributed by atoms with E-state index >= 15 is 0 Å². The van der Waals surface area contributed by atoms with Crippen LogP contribution in [0.3, 0.4) is 0 Å². The molecule has 2 aromatic carbocycles. The lowest BCUT2D eigenvalue weighted by Crippen LogP contribution is -2.53. The maximum absolute atomic E-state index is 13.5. The second kappa shape index (κ2) is 23.2. The number of ether oxygens (including phenoxy) is 3. The number of hydrogen-bond acceptors (Lipinski definition) is 11. The van der Waals surface area contributed by atoms with Crippen LogP contribution in [0.5, 0.6) is 17.2 Å². The minimum Gasteiger partial charge on any atom is -0.495 e. The first-order valence-corrected chi connectivity index (χ1v) is 24.4. The molecule has 2 aliphatic carbocycles. The first-order valence-electron chi connectivity index (χ1n) is 24.4. The molecule has 2 saturated heterocycles. The molecule has 3 aliphatic heterocycles. The molecule has 0 radical (unpaired) electrons. The van der Waals surface area contributed by atoms with Gasteiger partial charge in [0.1, 0.15) is 30.6 Å². The maximum atomic E-state index is 13.5. The number of piperazine rings is 2. The summed E-state index contributed by atoms with van der Waals surface area (Å²) in [5.41, 5.74) is 2.28. The quantitative estimate of drug-likeness (QED) is 0.131. The highest BCUT2D eigenvalue weighted by molar-refractivity contribution is 5.95. The van der Waals surface area contributed by atoms with Gasteiger partial charge in [-0.1, -0.05) is 68.9 Å². The van der Waals surface area contributed by atoms with Gasteiger partial charge in [0.15, 0.2) is 11.5 Å². The molecule has 4 fully saturated rings. The largest absolute Gasteiger partial charge is 0.495 e. The predicted molar refractivity (Wildman–Crippen MR) is 259 cm³/mol. The Morgan fingerprint density at radius 1 is 0.646 bits per heavy atom. The Bertz CT molecular complexity index is 2080. The normalized spacial score (nSPS) is 19.1. The standard InChI is InChI=1S/C27H36N4O3.C25H34N4O2/c1-21(20-31(25-12-5-6-13-28-25)27(32)22-8-3-2-4-9-22)29-14-16-30(17-15-29)23-10-7-11-24-26(23)34-19-18-33-24;1-31-23-12-6-5-11-22(23)28-18-15-27(16-19-28)17-20-29(24-13-7-8-14-26-24)25(30)21-9-3-2-4-10-21/h5-7,10-13,21-22H,2-4,8-9,14-20H2,1H3;5-8,11-14,21H,2-4,9-10,15-20H2,1H3/t21-;/m1./s1. The number of fused-ring (bicyclic) bond motifs is 1. The fourth-order valence-corrected chi connectivity index (χ4v) is 10.2. The maximum Gasteiger partial charge on any atom is 0.231 e. The van der Waals surface area contributed by atoms with Crippen LogP contribution in [0.25, 0.3) is 0 Å². The zero-order chi connectivity index (χ0) is 44.8. The zero-order valence-corrected chi connectivity index (χ0v) is 38.8.